The molecule has 3 N–H and O–H groups in total. The van der Waals surface area contributed by atoms with Crippen LogP contribution in [0.4, 0.5) is 5.69 Å². The van der Waals surface area contributed by atoms with Crippen molar-refractivity contribution in [1.29, 1.82) is 0 Å². The van der Waals surface area contributed by atoms with Gasteiger partial charge in [0, 0.05) is 38.2 Å². The average molecular weight is 424 g/mol. The van der Waals surface area contributed by atoms with E-state index in [9.17, 15) is 14.4 Å². The second-order valence-electron chi connectivity index (χ2n) is 9.27. The molecule has 31 heavy (non-hydrogen) atoms. The SMILES string of the molecule is Cc1nn(-c2ccc(C(N)=O)c(NCCN3CCCC3=O)c2)c2c1C(=O)CC(C)(C)C2. The topological polar surface area (TPSA) is 110 Å². The predicted octanol–water partition coefficient (Wildman–Crippen LogP) is 2.47. The summed E-state index contributed by atoms with van der Waals surface area (Å²) in [6.45, 7) is 7.88. The lowest BCUT2D eigenvalue weighted by Gasteiger charge is -2.29. The molecule has 1 aliphatic carbocycles. The Hall–Kier alpha value is -3.16. The van der Waals surface area contributed by atoms with Gasteiger partial charge in [-0.25, -0.2) is 4.68 Å². The van der Waals surface area contributed by atoms with Crippen LogP contribution in [0.15, 0.2) is 18.2 Å². The van der Waals surface area contributed by atoms with E-state index in [0.717, 1.165) is 36.5 Å². The Morgan fingerprint density at radius 2 is 2.03 bits per heavy atom. The van der Waals surface area contributed by atoms with Crippen molar-refractivity contribution < 1.29 is 14.4 Å². The molecule has 0 saturated carbocycles. The van der Waals surface area contributed by atoms with Crippen molar-refractivity contribution in [2.45, 2.75) is 46.5 Å². The minimum atomic E-state index is -0.527. The first-order valence-electron chi connectivity index (χ1n) is 10.7. The molecule has 0 radical (unpaired) electrons. The first-order valence-corrected chi connectivity index (χ1v) is 10.7. The molecule has 0 unspecified atom stereocenters. The zero-order chi connectivity index (χ0) is 22.3. The zero-order valence-corrected chi connectivity index (χ0v) is 18.3. The number of rotatable bonds is 6. The lowest BCUT2D eigenvalue weighted by atomic mass is 9.75. The monoisotopic (exact) mass is 423 g/mol. The summed E-state index contributed by atoms with van der Waals surface area (Å²) in [4.78, 5) is 38.3. The van der Waals surface area contributed by atoms with Gasteiger partial charge in [0.2, 0.25) is 5.91 Å². The number of Topliss-reactive ketones (excluding diaryl/α,β-unsaturated/α-hetero) is 1. The molecule has 8 nitrogen and oxygen atoms in total. The van der Waals surface area contributed by atoms with Gasteiger partial charge in [-0.05, 0) is 43.4 Å². The third kappa shape index (κ3) is 4.06. The Morgan fingerprint density at radius 1 is 1.26 bits per heavy atom. The van der Waals surface area contributed by atoms with Crippen LogP contribution in [0.2, 0.25) is 0 Å². The number of aryl methyl sites for hydroxylation is 1. The summed E-state index contributed by atoms with van der Waals surface area (Å²) >= 11 is 0. The number of likely N-dealkylation sites (tertiary alicyclic amines) is 1. The fraction of sp³-hybridized carbons (Fsp3) is 0.478. The van der Waals surface area contributed by atoms with Crippen LogP contribution in [0.25, 0.3) is 5.69 Å². The molecule has 0 spiro atoms. The number of nitrogens with zero attached hydrogens (tertiary/aromatic N) is 3. The minimum Gasteiger partial charge on any atom is -0.383 e. The van der Waals surface area contributed by atoms with Gasteiger partial charge < -0.3 is 16.0 Å². The van der Waals surface area contributed by atoms with Crippen molar-refractivity contribution >= 4 is 23.3 Å². The molecule has 164 valence electrons. The summed E-state index contributed by atoms with van der Waals surface area (Å²) in [5, 5.41) is 7.91. The lowest BCUT2D eigenvalue weighted by Crippen LogP contribution is -2.30. The van der Waals surface area contributed by atoms with Gasteiger partial charge >= 0.3 is 0 Å². The standard InChI is InChI=1S/C23H29N5O3/c1-14-21-18(12-23(2,3)13-19(21)29)28(26-14)15-6-7-16(22(24)31)17(11-15)25-8-10-27-9-4-5-20(27)30/h6-7,11,25H,4-5,8-10,12-13H2,1-3H3,(H2,24,31). The van der Waals surface area contributed by atoms with E-state index in [1.807, 2.05) is 22.6 Å². The first kappa shape index (κ1) is 21.1. The number of hydrogen-bond acceptors (Lipinski definition) is 5. The van der Waals surface area contributed by atoms with E-state index < -0.39 is 5.91 Å². The third-order valence-corrected chi connectivity index (χ3v) is 6.10. The molecule has 0 atom stereocenters. The summed E-state index contributed by atoms with van der Waals surface area (Å²) in [5.41, 5.74) is 9.51. The van der Waals surface area contributed by atoms with Crippen LogP contribution in [-0.2, 0) is 11.2 Å². The van der Waals surface area contributed by atoms with Gasteiger partial charge in [-0.15, -0.1) is 0 Å². The van der Waals surface area contributed by atoms with Gasteiger partial charge in [0.1, 0.15) is 0 Å². The number of primary amides is 1. The quantitative estimate of drug-likeness (QED) is 0.742. The molecule has 1 aliphatic heterocycles. The highest BCUT2D eigenvalue weighted by Gasteiger charge is 2.35. The van der Waals surface area contributed by atoms with Crippen LogP contribution in [0.1, 0.15) is 65.2 Å². The number of anilines is 1. The number of fused-ring (bicyclic) bond motifs is 1. The number of benzene rings is 1. The molecular formula is C23H29N5O3. The largest absolute Gasteiger partial charge is 0.383 e. The van der Waals surface area contributed by atoms with Gasteiger partial charge in [0.15, 0.2) is 5.78 Å². The Bertz CT molecular complexity index is 1070. The molecule has 1 aromatic carbocycles. The normalized spacial score (nSPS) is 17.7. The maximum absolute atomic E-state index is 12.7. The fourth-order valence-corrected chi connectivity index (χ4v) is 4.64. The minimum absolute atomic E-state index is 0.123. The van der Waals surface area contributed by atoms with Crippen LogP contribution in [-0.4, -0.2) is 51.9 Å². The Morgan fingerprint density at radius 3 is 2.71 bits per heavy atom. The van der Waals surface area contributed by atoms with E-state index in [4.69, 9.17) is 5.73 Å². The van der Waals surface area contributed by atoms with E-state index in [1.54, 1.807) is 12.1 Å². The summed E-state index contributed by atoms with van der Waals surface area (Å²) in [7, 11) is 0. The van der Waals surface area contributed by atoms with Gasteiger partial charge in [-0.3, -0.25) is 14.4 Å². The highest BCUT2D eigenvalue weighted by molar-refractivity contribution is 6.00. The highest BCUT2D eigenvalue weighted by atomic mass is 16.2. The second-order valence-corrected chi connectivity index (χ2v) is 9.27. The maximum atomic E-state index is 12.7. The number of carbonyl (C=O) groups is 3. The molecule has 2 heterocycles. The number of nitrogens with one attached hydrogen (secondary N) is 1. The number of aromatic nitrogens is 2. The van der Waals surface area contributed by atoms with Crippen LogP contribution >= 0.6 is 0 Å². The maximum Gasteiger partial charge on any atom is 0.250 e. The van der Waals surface area contributed by atoms with Crippen LogP contribution in [0, 0.1) is 12.3 Å². The second kappa shape index (κ2) is 7.83. The summed E-state index contributed by atoms with van der Waals surface area (Å²) in [6, 6.07) is 5.32. The summed E-state index contributed by atoms with van der Waals surface area (Å²) in [6.07, 6.45) is 2.74. The third-order valence-electron chi connectivity index (χ3n) is 6.10. The molecule has 2 amide bonds. The van der Waals surface area contributed by atoms with E-state index in [0.29, 0.717) is 42.7 Å². The molecule has 1 saturated heterocycles. The summed E-state index contributed by atoms with van der Waals surface area (Å²) < 4.78 is 1.81. The van der Waals surface area contributed by atoms with Gasteiger partial charge in [-0.1, -0.05) is 13.8 Å². The van der Waals surface area contributed by atoms with Crippen molar-refractivity contribution in [2.75, 3.05) is 25.0 Å². The highest BCUT2D eigenvalue weighted by Crippen LogP contribution is 2.37. The number of amides is 2. The fourth-order valence-electron chi connectivity index (χ4n) is 4.64. The van der Waals surface area contributed by atoms with Crippen molar-refractivity contribution in [2.24, 2.45) is 11.1 Å². The predicted molar refractivity (Wildman–Crippen MR) is 118 cm³/mol. The van der Waals surface area contributed by atoms with E-state index in [2.05, 4.69) is 24.3 Å². The van der Waals surface area contributed by atoms with Crippen LogP contribution in [0.3, 0.4) is 0 Å². The number of hydrogen-bond donors (Lipinski definition) is 2. The Balaban J connectivity index is 1.65. The smallest absolute Gasteiger partial charge is 0.250 e. The average Bonchev–Trinajstić information content (AvgIpc) is 3.23. The zero-order valence-electron chi connectivity index (χ0n) is 18.3. The number of nitrogens with two attached hydrogens (primary N) is 1. The molecule has 2 aromatic rings. The Kier molecular flexibility index (Phi) is 5.33. The molecular weight excluding hydrogens is 394 g/mol. The summed E-state index contributed by atoms with van der Waals surface area (Å²) in [5.74, 6) is -0.240. The van der Waals surface area contributed by atoms with E-state index in [1.165, 1.54) is 0 Å². The molecule has 4 rings (SSSR count). The molecule has 1 aromatic heterocycles. The first-order chi connectivity index (χ1) is 14.7. The van der Waals surface area contributed by atoms with Crippen LogP contribution < -0.4 is 11.1 Å². The number of ketones is 1. The van der Waals surface area contributed by atoms with Crippen molar-refractivity contribution in [1.82, 2.24) is 14.7 Å². The van der Waals surface area contributed by atoms with Gasteiger partial charge in [0.25, 0.3) is 5.91 Å². The number of carbonyl (C=O) groups excluding carboxylic acids is 3. The Labute approximate surface area is 181 Å². The lowest BCUT2D eigenvalue weighted by molar-refractivity contribution is -0.127. The van der Waals surface area contributed by atoms with Crippen LogP contribution in [0.5, 0.6) is 0 Å². The molecule has 8 heteroatoms. The van der Waals surface area contributed by atoms with Gasteiger partial charge in [0.05, 0.1) is 28.2 Å². The molecule has 0 bridgehead atoms. The molecule has 2 aliphatic rings. The van der Waals surface area contributed by atoms with E-state index in [-0.39, 0.29) is 17.1 Å². The van der Waals surface area contributed by atoms with E-state index >= 15 is 0 Å². The molecule has 1 fully saturated rings. The van der Waals surface area contributed by atoms with Gasteiger partial charge in [-0.2, -0.15) is 5.10 Å². The van der Waals surface area contributed by atoms with Crippen molar-refractivity contribution in [3.05, 3.63) is 40.7 Å². The van der Waals surface area contributed by atoms with Crippen molar-refractivity contribution in [3.63, 3.8) is 0 Å². The van der Waals surface area contributed by atoms with Crippen molar-refractivity contribution in [3.8, 4) is 5.69 Å².